The van der Waals surface area contributed by atoms with Crippen LogP contribution in [0.4, 0.5) is 0 Å². The zero-order chi connectivity index (χ0) is 12.5. The standard InChI is InChI=1S/C11H20O5S/c1-9(17(12,13)14)8-10-2-4-11(5-3-10)15-6-7-16-11/h9-10H,2-8H2,1H3,(H,12,13,14). The molecule has 0 bridgehead atoms. The van der Waals surface area contributed by atoms with Gasteiger partial charge in [-0.15, -0.1) is 0 Å². The zero-order valence-electron chi connectivity index (χ0n) is 10.1. The summed E-state index contributed by atoms with van der Waals surface area (Å²) in [7, 11) is -3.89. The summed E-state index contributed by atoms with van der Waals surface area (Å²) in [6.07, 6.45) is 3.99. The van der Waals surface area contributed by atoms with Gasteiger partial charge in [0.15, 0.2) is 5.79 Å². The summed E-state index contributed by atoms with van der Waals surface area (Å²) in [5.74, 6) is -0.0528. The second-order valence-corrected chi connectivity index (χ2v) is 6.95. The lowest BCUT2D eigenvalue weighted by molar-refractivity contribution is -0.182. The van der Waals surface area contributed by atoms with E-state index in [2.05, 4.69) is 0 Å². The van der Waals surface area contributed by atoms with Crippen LogP contribution >= 0.6 is 0 Å². The molecule has 1 heterocycles. The van der Waals surface area contributed by atoms with Crippen molar-refractivity contribution in [3.8, 4) is 0 Å². The van der Waals surface area contributed by atoms with Crippen molar-refractivity contribution in [2.24, 2.45) is 5.92 Å². The number of hydrogen-bond donors (Lipinski definition) is 1. The Bertz CT molecular complexity index is 348. The highest BCUT2D eigenvalue weighted by atomic mass is 32.2. The molecular weight excluding hydrogens is 244 g/mol. The van der Waals surface area contributed by atoms with Crippen molar-refractivity contribution < 1.29 is 22.4 Å². The summed E-state index contributed by atoms with van der Waals surface area (Å²) in [6.45, 7) is 2.88. The SMILES string of the molecule is CC(CC1CCC2(CC1)OCCO2)S(=O)(=O)O. The molecule has 0 amide bonds. The maximum absolute atomic E-state index is 11.0. The maximum Gasteiger partial charge on any atom is 0.267 e. The Kier molecular flexibility index (Phi) is 3.77. The van der Waals surface area contributed by atoms with E-state index in [1.807, 2.05) is 0 Å². The van der Waals surface area contributed by atoms with E-state index >= 15 is 0 Å². The summed E-state index contributed by atoms with van der Waals surface area (Å²) in [5, 5.41) is -0.674. The molecule has 1 aliphatic carbocycles. The van der Waals surface area contributed by atoms with Crippen molar-refractivity contribution in [3.63, 3.8) is 0 Å². The largest absolute Gasteiger partial charge is 0.348 e. The predicted octanol–water partition coefficient (Wildman–Crippen LogP) is 1.59. The van der Waals surface area contributed by atoms with Crippen LogP contribution in [-0.4, -0.2) is 37.2 Å². The highest BCUT2D eigenvalue weighted by molar-refractivity contribution is 7.86. The molecule has 0 radical (unpaired) electrons. The second-order valence-electron chi connectivity index (χ2n) is 5.11. The molecule has 17 heavy (non-hydrogen) atoms. The van der Waals surface area contributed by atoms with Crippen molar-refractivity contribution in [1.82, 2.24) is 0 Å². The fraction of sp³-hybridized carbons (Fsp3) is 1.00. The van der Waals surface area contributed by atoms with E-state index in [0.717, 1.165) is 25.7 Å². The van der Waals surface area contributed by atoms with Gasteiger partial charge in [-0.05, 0) is 32.1 Å². The molecule has 2 aliphatic rings. The molecule has 1 saturated carbocycles. The molecule has 0 aromatic heterocycles. The number of rotatable bonds is 3. The van der Waals surface area contributed by atoms with Gasteiger partial charge in [0.1, 0.15) is 0 Å². The smallest absolute Gasteiger partial charge is 0.267 e. The van der Waals surface area contributed by atoms with Crippen LogP contribution in [0.5, 0.6) is 0 Å². The molecule has 2 fully saturated rings. The van der Waals surface area contributed by atoms with Crippen LogP contribution in [-0.2, 0) is 19.6 Å². The van der Waals surface area contributed by atoms with E-state index in [1.54, 1.807) is 6.92 Å². The predicted molar refractivity (Wildman–Crippen MR) is 62.2 cm³/mol. The summed E-state index contributed by atoms with van der Waals surface area (Å²) in [5.41, 5.74) is 0. The van der Waals surface area contributed by atoms with E-state index in [4.69, 9.17) is 14.0 Å². The summed E-state index contributed by atoms with van der Waals surface area (Å²) < 4.78 is 42.1. The minimum atomic E-state index is -3.89. The Labute approximate surface area is 102 Å². The summed E-state index contributed by atoms with van der Waals surface area (Å²) >= 11 is 0. The average Bonchev–Trinajstić information content (AvgIpc) is 2.69. The lowest BCUT2D eigenvalue weighted by atomic mass is 9.82. The Morgan fingerprint density at radius 1 is 1.29 bits per heavy atom. The topological polar surface area (TPSA) is 72.8 Å². The highest BCUT2D eigenvalue weighted by Crippen LogP contribution is 2.40. The fourth-order valence-electron chi connectivity index (χ4n) is 2.73. The van der Waals surface area contributed by atoms with Crippen molar-refractivity contribution in [2.45, 2.75) is 50.1 Å². The Morgan fingerprint density at radius 3 is 2.29 bits per heavy atom. The van der Waals surface area contributed by atoms with Crippen LogP contribution in [0.1, 0.15) is 39.0 Å². The molecule has 1 saturated heterocycles. The van der Waals surface area contributed by atoms with Crippen LogP contribution < -0.4 is 0 Å². The van der Waals surface area contributed by atoms with E-state index in [0.29, 0.717) is 25.6 Å². The number of ether oxygens (including phenoxy) is 2. The van der Waals surface area contributed by atoms with Crippen molar-refractivity contribution in [2.75, 3.05) is 13.2 Å². The molecule has 1 aliphatic heterocycles. The van der Waals surface area contributed by atoms with E-state index in [1.165, 1.54) is 0 Å². The van der Waals surface area contributed by atoms with Gasteiger partial charge in [0.25, 0.3) is 10.1 Å². The Hall–Kier alpha value is -0.170. The Morgan fingerprint density at radius 2 is 1.82 bits per heavy atom. The molecule has 0 aromatic rings. The molecule has 100 valence electrons. The molecular formula is C11H20O5S. The molecule has 1 atom stereocenters. The molecule has 6 heteroatoms. The highest BCUT2D eigenvalue weighted by Gasteiger charge is 2.40. The van der Waals surface area contributed by atoms with Crippen molar-refractivity contribution in [1.29, 1.82) is 0 Å². The molecule has 1 unspecified atom stereocenters. The van der Waals surface area contributed by atoms with Crippen LogP contribution in [0.2, 0.25) is 0 Å². The van der Waals surface area contributed by atoms with Crippen LogP contribution in [0.15, 0.2) is 0 Å². The second kappa shape index (κ2) is 4.84. The number of hydrogen-bond acceptors (Lipinski definition) is 4. The van der Waals surface area contributed by atoms with Gasteiger partial charge in [0.2, 0.25) is 0 Å². The summed E-state index contributed by atoms with van der Waals surface area (Å²) in [6, 6.07) is 0. The van der Waals surface area contributed by atoms with E-state index in [9.17, 15) is 8.42 Å². The maximum atomic E-state index is 11.0. The Balaban J connectivity index is 1.83. The van der Waals surface area contributed by atoms with E-state index < -0.39 is 21.2 Å². The van der Waals surface area contributed by atoms with Crippen molar-refractivity contribution >= 4 is 10.1 Å². The minimum Gasteiger partial charge on any atom is -0.348 e. The van der Waals surface area contributed by atoms with Crippen molar-refractivity contribution in [3.05, 3.63) is 0 Å². The van der Waals surface area contributed by atoms with Gasteiger partial charge in [0, 0.05) is 12.8 Å². The lowest BCUT2D eigenvalue weighted by Gasteiger charge is -2.35. The lowest BCUT2D eigenvalue weighted by Crippen LogP contribution is -2.36. The average molecular weight is 264 g/mol. The first-order chi connectivity index (χ1) is 7.91. The van der Waals surface area contributed by atoms with Gasteiger partial charge in [-0.1, -0.05) is 0 Å². The third-order valence-corrected chi connectivity index (χ3v) is 5.06. The first kappa shape index (κ1) is 13.3. The first-order valence-corrected chi connectivity index (χ1v) is 7.66. The first-order valence-electron chi connectivity index (χ1n) is 6.15. The van der Waals surface area contributed by atoms with Gasteiger partial charge in [-0.3, -0.25) is 4.55 Å². The van der Waals surface area contributed by atoms with Gasteiger partial charge in [-0.2, -0.15) is 8.42 Å². The minimum absolute atomic E-state index is 0.338. The van der Waals surface area contributed by atoms with Gasteiger partial charge in [0.05, 0.1) is 18.5 Å². The van der Waals surface area contributed by atoms with Crippen LogP contribution in [0.3, 0.4) is 0 Å². The molecule has 5 nitrogen and oxygen atoms in total. The summed E-state index contributed by atoms with van der Waals surface area (Å²) in [4.78, 5) is 0. The van der Waals surface area contributed by atoms with Crippen LogP contribution in [0, 0.1) is 5.92 Å². The zero-order valence-corrected chi connectivity index (χ0v) is 10.9. The molecule has 1 N–H and O–H groups in total. The van der Waals surface area contributed by atoms with E-state index in [-0.39, 0.29) is 0 Å². The van der Waals surface area contributed by atoms with Gasteiger partial charge in [-0.25, -0.2) is 0 Å². The molecule has 0 aromatic carbocycles. The monoisotopic (exact) mass is 264 g/mol. The fourth-order valence-corrected chi connectivity index (χ4v) is 3.25. The van der Waals surface area contributed by atoms with Gasteiger partial charge < -0.3 is 9.47 Å². The van der Waals surface area contributed by atoms with Gasteiger partial charge >= 0.3 is 0 Å². The molecule has 1 spiro atoms. The normalized spacial score (nSPS) is 27.4. The quantitative estimate of drug-likeness (QED) is 0.784. The van der Waals surface area contributed by atoms with Crippen LogP contribution in [0.25, 0.3) is 0 Å². The third-order valence-electron chi connectivity index (χ3n) is 3.85. The third kappa shape index (κ3) is 3.19. The molecule has 2 rings (SSSR count).